The lowest BCUT2D eigenvalue weighted by atomic mass is 10.1. The van der Waals surface area contributed by atoms with Crippen molar-refractivity contribution in [3.05, 3.63) is 83.2 Å². The van der Waals surface area contributed by atoms with Crippen LogP contribution < -0.4 is 0 Å². The highest BCUT2D eigenvalue weighted by atomic mass is 32.2. The van der Waals surface area contributed by atoms with Crippen LogP contribution in [-0.2, 0) is 44.6 Å². The van der Waals surface area contributed by atoms with E-state index < -0.39 is 9.84 Å². The van der Waals surface area contributed by atoms with E-state index >= 15 is 0 Å². The summed E-state index contributed by atoms with van der Waals surface area (Å²) in [5, 5.41) is 0.0621. The predicted octanol–water partition coefficient (Wildman–Crippen LogP) is 4.57. The minimum atomic E-state index is -3.69. The molecule has 0 aliphatic carbocycles. The first-order valence-corrected chi connectivity index (χ1v) is 14.6. The lowest BCUT2D eigenvalue weighted by molar-refractivity contribution is -0.132. The third-order valence-corrected chi connectivity index (χ3v) is 8.26. The van der Waals surface area contributed by atoms with Gasteiger partial charge in [0.2, 0.25) is 20.9 Å². The molecule has 1 unspecified atom stereocenters. The minimum absolute atomic E-state index is 0.00884. The maximum Gasteiger partial charge on any atom is 0.228 e. The van der Waals surface area contributed by atoms with Gasteiger partial charge in [-0.2, -0.15) is 0 Å². The molecule has 0 bridgehead atoms. The highest BCUT2D eigenvalue weighted by Gasteiger charge is 2.28. The molecule has 7 nitrogen and oxygen atoms in total. The molecular formula is C29H37N3O4S. The molecule has 1 aliphatic rings. The van der Waals surface area contributed by atoms with Crippen molar-refractivity contribution in [3.8, 4) is 0 Å². The molecule has 198 valence electrons. The summed E-state index contributed by atoms with van der Waals surface area (Å²) in [6, 6.07) is 17.2. The predicted molar refractivity (Wildman–Crippen MR) is 144 cm³/mol. The van der Waals surface area contributed by atoms with Crippen LogP contribution in [0.25, 0.3) is 0 Å². The van der Waals surface area contributed by atoms with E-state index in [0.717, 1.165) is 35.2 Å². The molecule has 1 aliphatic heterocycles. The van der Waals surface area contributed by atoms with Crippen molar-refractivity contribution in [2.45, 2.75) is 70.1 Å². The number of aryl methyl sites for hydroxylation is 1. The Morgan fingerprint density at radius 3 is 2.54 bits per heavy atom. The Hall–Kier alpha value is -2.97. The van der Waals surface area contributed by atoms with Crippen LogP contribution in [0, 0.1) is 12.8 Å². The molecular weight excluding hydrogens is 486 g/mol. The average molecular weight is 524 g/mol. The normalized spacial score (nSPS) is 15.8. The van der Waals surface area contributed by atoms with E-state index in [0.29, 0.717) is 19.7 Å². The first-order chi connectivity index (χ1) is 17.7. The minimum Gasteiger partial charge on any atom is -0.376 e. The van der Waals surface area contributed by atoms with Crippen LogP contribution in [0.4, 0.5) is 0 Å². The Bertz CT molecular complexity index is 1300. The second-order valence-corrected chi connectivity index (χ2v) is 12.2. The molecule has 0 saturated carbocycles. The van der Waals surface area contributed by atoms with Crippen LogP contribution in [-0.4, -0.2) is 48.0 Å². The number of benzene rings is 2. The number of aromatic nitrogens is 2. The topological polar surface area (TPSA) is 81.5 Å². The first-order valence-electron chi connectivity index (χ1n) is 13.0. The maximum atomic E-state index is 13.5. The van der Waals surface area contributed by atoms with Crippen molar-refractivity contribution < 1.29 is 17.9 Å². The Morgan fingerprint density at radius 2 is 1.86 bits per heavy atom. The van der Waals surface area contributed by atoms with Gasteiger partial charge in [0.25, 0.3) is 0 Å². The molecule has 2 heterocycles. The van der Waals surface area contributed by atoms with Gasteiger partial charge in [0.1, 0.15) is 0 Å². The van der Waals surface area contributed by atoms with Crippen molar-refractivity contribution in [2.24, 2.45) is 5.92 Å². The van der Waals surface area contributed by atoms with E-state index in [1.54, 1.807) is 15.7 Å². The smallest absolute Gasteiger partial charge is 0.228 e. The molecule has 1 saturated heterocycles. The number of carbonyl (C=O) groups excluding carboxylic acids is 1. The van der Waals surface area contributed by atoms with E-state index in [1.165, 1.54) is 0 Å². The number of carbonyl (C=O) groups is 1. The van der Waals surface area contributed by atoms with E-state index in [2.05, 4.69) is 4.98 Å². The van der Waals surface area contributed by atoms with Gasteiger partial charge in [-0.05, 0) is 42.4 Å². The molecule has 37 heavy (non-hydrogen) atoms. The first kappa shape index (κ1) is 27.1. The summed E-state index contributed by atoms with van der Waals surface area (Å²) < 4.78 is 34.7. The molecule has 1 amide bonds. The van der Waals surface area contributed by atoms with Crippen LogP contribution in [0.1, 0.15) is 49.1 Å². The second kappa shape index (κ2) is 12.0. The van der Waals surface area contributed by atoms with E-state index in [-0.39, 0.29) is 41.8 Å². The number of nitrogens with zero attached hydrogens (tertiary/aromatic N) is 3. The van der Waals surface area contributed by atoms with Crippen LogP contribution >= 0.6 is 0 Å². The Kier molecular flexibility index (Phi) is 8.82. The maximum absolute atomic E-state index is 13.5. The Labute approximate surface area is 220 Å². The van der Waals surface area contributed by atoms with E-state index in [4.69, 9.17) is 4.74 Å². The monoisotopic (exact) mass is 523 g/mol. The van der Waals surface area contributed by atoms with Gasteiger partial charge in [0, 0.05) is 19.7 Å². The van der Waals surface area contributed by atoms with Gasteiger partial charge < -0.3 is 14.2 Å². The molecule has 1 fully saturated rings. The summed E-state index contributed by atoms with van der Waals surface area (Å²) in [5.74, 6) is 0.0798. The molecule has 2 aromatic carbocycles. The van der Waals surface area contributed by atoms with Crippen LogP contribution in [0.2, 0.25) is 0 Å². The third-order valence-electron chi connectivity index (χ3n) is 6.69. The van der Waals surface area contributed by atoms with Gasteiger partial charge in [-0.3, -0.25) is 4.79 Å². The number of amides is 1. The van der Waals surface area contributed by atoms with Crippen molar-refractivity contribution in [1.29, 1.82) is 0 Å². The zero-order valence-electron chi connectivity index (χ0n) is 22.0. The standard InChI is InChI=1S/C29H37N3O4S/c1-22(2)18-32-26(17-30-29(32)37(34,35)21-25-13-8-7-10-23(25)3)19-31(20-27-14-9-15-36-27)28(33)16-24-11-5-4-6-12-24/h4-8,10-13,17,22,27H,9,14-16,18-21H2,1-3H3. The van der Waals surface area contributed by atoms with Gasteiger partial charge in [0.05, 0.1) is 36.7 Å². The van der Waals surface area contributed by atoms with Crippen LogP contribution in [0.3, 0.4) is 0 Å². The lowest BCUT2D eigenvalue weighted by Gasteiger charge is -2.26. The molecule has 1 aromatic heterocycles. The molecule has 4 rings (SSSR count). The SMILES string of the molecule is Cc1ccccc1CS(=O)(=O)c1ncc(CN(CC2CCCO2)C(=O)Cc2ccccc2)n1CC(C)C. The Morgan fingerprint density at radius 1 is 1.14 bits per heavy atom. The van der Waals surface area contributed by atoms with Crippen molar-refractivity contribution in [2.75, 3.05) is 13.2 Å². The van der Waals surface area contributed by atoms with Gasteiger partial charge in [0.15, 0.2) is 0 Å². The molecule has 0 N–H and O–H groups in total. The average Bonchev–Trinajstić information content (AvgIpc) is 3.51. The van der Waals surface area contributed by atoms with Gasteiger partial charge >= 0.3 is 0 Å². The van der Waals surface area contributed by atoms with Gasteiger partial charge in [-0.15, -0.1) is 0 Å². The van der Waals surface area contributed by atoms with E-state index in [9.17, 15) is 13.2 Å². The van der Waals surface area contributed by atoms with Crippen molar-refractivity contribution >= 4 is 15.7 Å². The number of sulfone groups is 1. The van der Waals surface area contributed by atoms with Crippen molar-refractivity contribution in [3.63, 3.8) is 0 Å². The summed E-state index contributed by atoms with van der Waals surface area (Å²) in [6.45, 7) is 7.97. The fraction of sp³-hybridized carbons (Fsp3) is 0.448. The lowest BCUT2D eigenvalue weighted by Crippen LogP contribution is -2.38. The molecule has 8 heteroatoms. The number of ether oxygens (including phenoxy) is 1. The zero-order chi connectivity index (χ0) is 26.4. The van der Waals surface area contributed by atoms with Gasteiger partial charge in [-0.1, -0.05) is 68.4 Å². The van der Waals surface area contributed by atoms with Crippen LogP contribution in [0.5, 0.6) is 0 Å². The summed E-state index contributed by atoms with van der Waals surface area (Å²) in [6.07, 6.45) is 3.79. The molecule has 0 radical (unpaired) electrons. The Balaban J connectivity index is 1.63. The number of rotatable bonds is 11. The fourth-order valence-corrected chi connectivity index (χ4v) is 6.34. The fourth-order valence-electron chi connectivity index (χ4n) is 4.73. The number of hydrogen-bond acceptors (Lipinski definition) is 5. The highest BCUT2D eigenvalue weighted by molar-refractivity contribution is 7.90. The quantitative estimate of drug-likeness (QED) is 0.368. The molecule has 3 aromatic rings. The third kappa shape index (κ3) is 7.08. The highest BCUT2D eigenvalue weighted by Crippen LogP contribution is 2.23. The number of hydrogen-bond donors (Lipinski definition) is 0. The summed E-state index contributed by atoms with van der Waals surface area (Å²) >= 11 is 0. The molecule has 0 spiro atoms. The summed E-state index contributed by atoms with van der Waals surface area (Å²) in [5.41, 5.74) is 3.36. The van der Waals surface area contributed by atoms with Crippen molar-refractivity contribution in [1.82, 2.24) is 14.5 Å². The summed E-state index contributed by atoms with van der Waals surface area (Å²) in [7, 11) is -3.69. The second-order valence-electron chi connectivity index (χ2n) is 10.3. The zero-order valence-corrected chi connectivity index (χ0v) is 22.8. The van der Waals surface area contributed by atoms with E-state index in [1.807, 2.05) is 75.4 Å². The molecule has 1 atom stereocenters. The van der Waals surface area contributed by atoms with Gasteiger partial charge in [-0.25, -0.2) is 13.4 Å². The summed E-state index contributed by atoms with van der Waals surface area (Å²) in [4.78, 5) is 19.6. The number of imidazole rings is 1. The largest absolute Gasteiger partial charge is 0.376 e. The van der Waals surface area contributed by atoms with Crippen LogP contribution in [0.15, 0.2) is 66.0 Å².